The number of carbonyl (C=O) groups is 2. The molecule has 10 heteroatoms. The fourth-order valence-corrected chi connectivity index (χ4v) is 3.91. The molecule has 0 spiro atoms. The fraction of sp³-hybridized carbons (Fsp3) is 0.353. The SMILES string of the molecule is Cn1cc(Nc2ncc(C(N)=O)c(N[C@H]3[C@H](C(N)=O)[C@@H]4C=C[C@@H]3C4)n2)cn1. The van der Waals surface area contributed by atoms with E-state index in [1.807, 2.05) is 6.08 Å². The van der Waals surface area contributed by atoms with E-state index >= 15 is 0 Å². The Bertz CT molecular complexity index is 937. The maximum Gasteiger partial charge on any atom is 0.254 e. The van der Waals surface area contributed by atoms with E-state index in [1.165, 1.54) is 6.20 Å². The van der Waals surface area contributed by atoms with E-state index in [4.69, 9.17) is 11.5 Å². The first-order chi connectivity index (χ1) is 12.9. The molecular weight excluding hydrogens is 348 g/mol. The number of nitrogens with one attached hydrogen (secondary N) is 2. The molecule has 4 atom stereocenters. The van der Waals surface area contributed by atoms with Gasteiger partial charge in [0.25, 0.3) is 5.91 Å². The van der Waals surface area contributed by atoms with Crippen LogP contribution in [0.5, 0.6) is 0 Å². The summed E-state index contributed by atoms with van der Waals surface area (Å²) in [5, 5.41) is 10.3. The monoisotopic (exact) mass is 368 g/mol. The summed E-state index contributed by atoms with van der Waals surface area (Å²) in [4.78, 5) is 32.3. The molecule has 2 aliphatic rings. The molecule has 0 unspecified atom stereocenters. The Morgan fingerprint density at radius 2 is 2.00 bits per heavy atom. The molecule has 1 saturated carbocycles. The lowest BCUT2D eigenvalue weighted by molar-refractivity contribution is -0.122. The number of carbonyl (C=O) groups excluding carboxylic acids is 2. The van der Waals surface area contributed by atoms with Crippen LogP contribution in [0.3, 0.4) is 0 Å². The fourth-order valence-electron chi connectivity index (χ4n) is 3.91. The van der Waals surface area contributed by atoms with Crippen molar-refractivity contribution in [1.82, 2.24) is 19.7 Å². The van der Waals surface area contributed by atoms with E-state index in [9.17, 15) is 9.59 Å². The Labute approximate surface area is 155 Å². The minimum absolute atomic E-state index is 0.108. The highest BCUT2D eigenvalue weighted by Crippen LogP contribution is 2.45. The first kappa shape index (κ1) is 17.0. The van der Waals surface area contributed by atoms with E-state index < -0.39 is 5.91 Å². The lowest BCUT2D eigenvalue weighted by Gasteiger charge is -2.27. The molecule has 2 bridgehead atoms. The number of allylic oxidation sites excluding steroid dienone is 1. The minimum Gasteiger partial charge on any atom is -0.369 e. The second-order valence-electron chi connectivity index (χ2n) is 6.89. The molecule has 0 aliphatic heterocycles. The zero-order chi connectivity index (χ0) is 19.1. The average molecular weight is 368 g/mol. The largest absolute Gasteiger partial charge is 0.369 e. The molecule has 27 heavy (non-hydrogen) atoms. The van der Waals surface area contributed by atoms with Crippen LogP contribution >= 0.6 is 0 Å². The molecule has 2 heterocycles. The van der Waals surface area contributed by atoms with Crippen molar-refractivity contribution in [3.63, 3.8) is 0 Å². The molecule has 2 aliphatic carbocycles. The van der Waals surface area contributed by atoms with Gasteiger partial charge < -0.3 is 22.1 Å². The number of hydrogen-bond donors (Lipinski definition) is 4. The summed E-state index contributed by atoms with van der Waals surface area (Å²) < 4.78 is 1.64. The smallest absolute Gasteiger partial charge is 0.254 e. The summed E-state index contributed by atoms with van der Waals surface area (Å²) in [6.07, 6.45) is 9.71. The third-order valence-corrected chi connectivity index (χ3v) is 5.11. The van der Waals surface area contributed by atoms with Gasteiger partial charge in [0.2, 0.25) is 11.9 Å². The van der Waals surface area contributed by atoms with Crippen molar-refractivity contribution in [3.8, 4) is 0 Å². The van der Waals surface area contributed by atoms with Crippen LogP contribution in [0.2, 0.25) is 0 Å². The summed E-state index contributed by atoms with van der Waals surface area (Å²) in [5.74, 6) is -0.557. The molecule has 0 saturated heterocycles. The first-order valence-electron chi connectivity index (χ1n) is 8.59. The van der Waals surface area contributed by atoms with Crippen molar-refractivity contribution < 1.29 is 9.59 Å². The number of hydrogen-bond acceptors (Lipinski definition) is 7. The lowest BCUT2D eigenvalue weighted by atomic mass is 9.88. The number of aryl methyl sites for hydroxylation is 1. The Morgan fingerprint density at radius 3 is 2.67 bits per heavy atom. The molecule has 140 valence electrons. The van der Waals surface area contributed by atoms with Gasteiger partial charge in [-0.25, -0.2) is 4.98 Å². The number of amides is 2. The van der Waals surface area contributed by atoms with Gasteiger partial charge in [0.05, 0.1) is 23.4 Å². The highest BCUT2D eigenvalue weighted by Gasteiger charge is 2.47. The standard InChI is InChI=1S/C17H20N8O2/c1-25-7-10(5-21-25)22-17-20-6-11(14(18)26)16(24-17)23-13-9-3-2-8(4-9)12(13)15(19)27/h2-3,5-9,12-13H,4H2,1H3,(H2,18,26)(H2,19,27)(H2,20,22,23,24)/t8-,9-,12-,13-/m1/s1. The predicted molar refractivity (Wildman–Crippen MR) is 97.9 cm³/mol. The number of primary amides is 2. The number of fused-ring (bicyclic) bond motifs is 2. The molecule has 2 aromatic rings. The van der Waals surface area contributed by atoms with E-state index in [0.717, 1.165) is 6.42 Å². The van der Waals surface area contributed by atoms with Crippen molar-refractivity contribution in [2.24, 2.45) is 36.3 Å². The van der Waals surface area contributed by atoms with Gasteiger partial charge in [0.1, 0.15) is 5.82 Å². The molecule has 6 N–H and O–H groups in total. The summed E-state index contributed by atoms with van der Waals surface area (Å²) in [5.41, 5.74) is 11.9. The van der Waals surface area contributed by atoms with Crippen LogP contribution in [0.4, 0.5) is 17.5 Å². The van der Waals surface area contributed by atoms with Gasteiger partial charge in [-0.15, -0.1) is 0 Å². The zero-order valence-electron chi connectivity index (χ0n) is 14.7. The molecular formula is C17H20N8O2. The summed E-state index contributed by atoms with van der Waals surface area (Å²) in [6.45, 7) is 0. The highest BCUT2D eigenvalue weighted by atomic mass is 16.1. The van der Waals surface area contributed by atoms with Crippen LogP contribution in [0.25, 0.3) is 0 Å². The van der Waals surface area contributed by atoms with Crippen molar-refractivity contribution in [1.29, 1.82) is 0 Å². The van der Waals surface area contributed by atoms with Crippen LogP contribution < -0.4 is 22.1 Å². The molecule has 10 nitrogen and oxygen atoms in total. The molecule has 2 aromatic heterocycles. The van der Waals surface area contributed by atoms with Gasteiger partial charge in [0.15, 0.2) is 0 Å². The van der Waals surface area contributed by atoms with Crippen molar-refractivity contribution in [2.45, 2.75) is 12.5 Å². The van der Waals surface area contributed by atoms with Gasteiger partial charge in [-0.2, -0.15) is 10.1 Å². The second-order valence-corrected chi connectivity index (χ2v) is 6.89. The maximum absolute atomic E-state index is 11.9. The highest BCUT2D eigenvalue weighted by molar-refractivity contribution is 5.97. The van der Waals surface area contributed by atoms with E-state index in [0.29, 0.717) is 5.69 Å². The third-order valence-electron chi connectivity index (χ3n) is 5.11. The zero-order valence-corrected chi connectivity index (χ0v) is 14.7. The van der Waals surface area contributed by atoms with E-state index in [2.05, 4.69) is 31.8 Å². The molecule has 4 rings (SSSR count). The molecule has 2 amide bonds. The van der Waals surface area contributed by atoms with Crippen LogP contribution in [-0.4, -0.2) is 37.6 Å². The lowest BCUT2D eigenvalue weighted by Crippen LogP contribution is -2.41. The number of aromatic nitrogens is 4. The van der Waals surface area contributed by atoms with Gasteiger partial charge in [0, 0.05) is 25.5 Å². The number of anilines is 3. The van der Waals surface area contributed by atoms with Crippen LogP contribution in [0, 0.1) is 17.8 Å². The van der Waals surface area contributed by atoms with E-state index in [-0.39, 0.29) is 47.0 Å². The van der Waals surface area contributed by atoms with Crippen molar-refractivity contribution >= 4 is 29.3 Å². The summed E-state index contributed by atoms with van der Waals surface area (Å²) in [6, 6.07) is -0.239. The van der Waals surface area contributed by atoms with Crippen LogP contribution in [0.1, 0.15) is 16.8 Å². The third kappa shape index (κ3) is 3.09. The van der Waals surface area contributed by atoms with Crippen molar-refractivity contribution in [2.75, 3.05) is 10.6 Å². The number of nitrogens with zero attached hydrogens (tertiary/aromatic N) is 4. The second kappa shape index (κ2) is 6.38. The Balaban J connectivity index is 1.64. The average Bonchev–Trinajstić information content (AvgIpc) is 3.31. The summed E-state index contributed by atoms with van der Waals surface area (Å²) >= 11 is 0. The molecule has 0 radical (unpaired) electrons. The van der Waals surface area contributed by atoms with Crippen LogP contribution in [0.15, 0.2) is 30.7 Å². The van der Waals surface area contributed by atoms with Crippen molar-refractivity contribution in [3.05, 3.63) is 36.3 Å². The first-order valence-corrected chi connectivity index (χ1v) is 8.59. The van der Waals surface area contributed by atoms with Gasteiger partial charge >= 0.3 is 0 Å². The number of nitrogens with two attached hydrogens (primary N) is 2. The topological polar surface area (TPSA) is 154 Å². The van der Waals surface area contributed by atoms with E-state index in [1.54, 1.807) is 24.1 Å². The minimum atomic E-state index is -0.653. The Hall–Kier alpha value is -3.43. The van der Waals surface area contributed by atoms with Gasteiger partial charge in [-0.05, 0) is 18.3 Å². The molecule has 1 fully saturated rings. The van der Waals surface area contributed by atoms with Crippen LogP contribution in [-0.2, 0) is 11.8 Å². The summed E-state index contributed by atoms with van der Waals surface area (Å²) in [7, 11) is 1.79. The van der Waals surface area contributed by atoms with Gasteiger partial charge in [-0.3, -0.25) is 14.3 Å². The quantitative estimate of drug-likeness (QED) is 0.529. The number of rotatable bonds is 6. The Morgan fingerprint density at radius 1 is 1.22 bits per heavy atom. The van der Waals surface area contributed by atoms with Gasteiger partial charge in [-0.1, -0.05) is 12.2 Å². The maximum atomic E-state index is 11.9. The normalized spacial score (nSPS) is 25.5. The Kier molecular flexibility index (Phi) is 4.02. The molecule has 0 aromatic carbocycles. The predicted octanol–water partition coefficient (Wildman–Crippen LogP) is 0.141.